The van der Waals surface area contributed by atoms with Gasteiger partial charge in [-0.25, -0.2) is 0 Å². The first-order chi connectivity index (χ1) is 12.4. The fourth-order valence-corrected chi connectivity index (χ4v) is 3.91. The predicted molar refractivity (Wildman–Crippen MR) is 104 cm³/mol. The van der Waals surface area contributed by atoms with Crippen molar-refractivity contribution in [2.24, 2.45) is 5.92 Å². The minimum absolute atomic E-state index is 0.0603. The number of nitrogens with zero attached hydrogens (tertiary/aromatic N) is 1. The molecule has 2 amide bonds. The molecular formula is C21H23ClN2O2. The summed E-state index contributed by atoms with van der Waals surface area (Å²) in [4.78, 5) is 26.7. The summed E-state index contributed by atoms with van der Waals surface area (Å²) in [7, 11) is 0. The number of halogens is 1. The Balaban J connectivity index is 1.70. The third-order valence-corrected chi connectivity index (χ3v) is 5.17. The summed E-state index contributed by atoms with van der Waals surface area (Å²) in [5.41, 5.74) is 4.94. The number of benzene rings is 2. The van der Waals surface area contributed by atoms with Crippen LogP contribution in [0, 0.1) is 26.7 Å². The summed E-state index contributed by atoms with van der Waals surface area (Å²) in [6.07, 6.45) is 0.212. The highest BCUT2D eigenvalue weighted by Gasteiger charge is 2.36. The van der Waals surface area contributed by atoms with Gasteiger partial charge in [0.05, 0.1) is 16.6 Å². The number of carbonyl (C=O) groups is 2. The molecule has 2 aromatic rings. The maximum atomic E-state index is 12.6. The Bertz CT molecular complexity index is 840. The molecule has 1 atom stereocenters. The quantitative estimate of drug-likeness (QED) is 0.886. The maximum absolute atomic E-state index is 12.6. The zero-order valence-electron chi connectivity index (χ0n) is 15.3. The van der Waals surface area contributed by atoms with Crippen LogP contribution in [0.3, 0.4) is 0 Å². The van der Waals surface area contributed by atoms with Crippen LogP contribution >= 0.6 is 11.6 Å². The van der Waals surface area contributed by atoms with E-state index in [1.165, 1.54) is 0 Å². The van der Waals surface area contributed by atoms with Crippen molar-refractivity contribution >= 4 is 29.1 Å². The van der Waals surface area contributed by atoms with Crippen LogP contribution in [0.1, 0.15) is 28.7 Å². The Kier molecular flexibility index (Phi) is 5.33. The van der Waals surface area contributed by atoms with Crippen LogP contribution in [-0.2, 0) is 16.1 Å². The van der Waals surface area contributed by atoms with Crippen molar-refractivity contribution < 1.29 is 9.59 Å². The van der Waals surface area contributed by atoms with Gasteiger partial charge < -0.3 is 10.2 Å². The summed E-state index contributed by atoms with van der Waals surface area (Å²) >= 11 is 6.37. The van der Waals surface area contributed by atoms with Crippen LogP contribution in [0.2, 0.25) is 5.02 Å². The number of hydrogen-bond donors (Lipinski definition) is 1. The van der Waals surface area contributed by atoms with Gasteiger partial charge in [0.15, 0.2) is 0 Å². The van der Waals surface area contributed by atoms with E-state index in [0.29, 0.717) is 18.1 Å². The molecule has 1 N–H and O–H groups in total. The van der Waals surface area contributed by atoms with E-state index in [1.54, 1.807) is 4.90 Å². The SMILES string of the molecule is Cc1cc(C)c(N2CC(C(=O)NCc3ccccc3C)CC2=O)c(Cl)c1. The molecule has 1 unspecified atom stereocenters. The van der Waals surface area contributed by atoms with Gasteiger partial charge in [-0.3, -0.25) is 9.59 Å². The van der Waals surface area contributed by atoms with Crippen molar-refractivity contribution in [1.29, 1.82) is 0 Å². The molecule has 0 aliphatic carbocycles. The Labute approximate surface area is 159 Å². The normalized spacial score (nSPS) is 16.8. The molecule has 1 heterocycles. The van der Waals surface area contributed by atoms with Gasteiger partial charge >= 0.3 is 0 Å². The van der Waals surface area contributed by atoms with Crippen molar-refractivity contribution in [2.75, 3.05) is 11.4 Å². The zero-order valence-corrected chi connectivity index (χ0v) is 16.1. The first kappa shape index (κ1) is 18.5. The minimum atomic E-state index is -0.358. The van der Waals surface area contributed by atoms with Crippen LogP contribution in [0.25, 0.3) is 0 Å². The van der Waals surface area contributed by atoms with Crippen molar-refractivity contribution in [2.45, 2.75) is 33.7 Å². The van der Waals surface area contributed by atoms with Crippen molar-refractivity contribution in [3.05, 3.63) is 63.7 Å². The molecule has 136 valence electrons. The molecule has 1 aliphatic heterocycles. The molecule has 0 saturated carbocycles. The van der Waals surface area contributed by atoms with E-state index in [1.807, 2.05) is 57.2 Å². The van der Waals surface area contributed by atoms with Gasteiger partial charge in [-0.1, -0.05) is 41.9 Å². The monoisotopic (exact) mass is 370 g/mol. The van der Waals surface area contributed by atoms with Gasteiger partial charge in [-0.2, -0.15) is 0 Å². The number of amides is 2. The molecule has 1 fully saturated rings. The van der Waals surface area contributed by atoms with Crippen LogP contribution in [0.4, 0.5) is 5.69 Å². The molecule has 1 aliphatic rings. The highest BCUT2D eigenvalue weighted by atomic mass is 35.5. The summed E-state index contributed by atoms with van der Waals surface area (Å²) < 4.78 is 0. The predicted octanol–water partition coefficient (Wildman–Crippen LogP) is 3.93. The van der Waals surface area contributed by atoms with Gasteiger partial charge in [-0.05, 0) is 49.1 Å². The van der Waals surface area contributed by atoms with E-state index < -0.39 is 0 Å². The lowest BCUT2D eigenvalue weighted by atomic mass is 10.1. The van der Waals surface area contributed by atoms with E-state index >= 15 is 0 Å². The Morgan fingerprint density at radius 3 is 2.62 bits per heavy atom. The first-order valence-electron chi connectivity index (χ1n) is 8.76. The smallest absolute Gasteiger partial charge is 0.227 e. The lowest BCUT2D eigenvalue weighted by Crippen LogP contribution is -2.33. The van der Waals surface area contributed by atoms with Crippen molar-refractivity contribution in [3.8, 4) is 0 Å². The lowest BCUT2D eigenvalue weighted by Gasteiger charge is -2.21. The Hall–Kier alpha value is -2.33. The molecule has 5 heteroatoms. The molecule has 0 spiro atoms. The van der Waals surface area contributed by atoms with Gasteiger partial charge in [0.2, 0.25) is 11.8 Å². The largest absolute Gasteiger partial charge is 0.352 e. The summed E-state index contributed by atoms with van der Waals surface area (Å²) in [5, 5.41) is 3.51. The molecule has 3 rings (SSSR count). The number of hydrogen-bond acceptors (Lipinski definition) is 2. The van der Waals surface area contributed by atoms with Crippen LogP contribution in [-0.4, -0.2) is 18.4 Å². The fourth-order valence-electron chi connectivity index (χ4n) is 3.48. The van der Waals surface area contributed by atoms with E-state index in [9.17, 15) is 9.59 Å². The highest BCUT2D eigenvalue weighted by Crippen LogP contribution is 2.35. The van der Waals surface area contributed by atoms with E-state index in [0.717, 1.165) is 27.9 Å². The first-order valence-corrected chi connectivity index (χ1v) is 9.14. The second-order valence-corrected chi connectivity index (χ2v) is 7.37. The number of anilines is 1. The van der Waals surface area contributed by atoms with E-state index in [-0.39, 0.29) is 24.2 Å². The number of carbonyl (C=O) groups excluding carboxylic acids is 2. The van der Waals surface area contributed by atoms with Crippen LogP contribution < -0.4 is 10.2 Å². The van der Waals surface area contributed by atoms with E-state index in [2.05, 4.69) is 5.32 Å². The lowest BCUT2D eigenvalue weighted by molar-refractivity contribution is -0.126. The topological polar surface area (TPSA) is 49.4 Å². The molecule has 26 heavy (non-hydrogen) atoms. The molecule has 1 saturated heterocycles. The third-order valence-electron chi connectivity index (χ3n) is 4.88. The maximum Gasteiger partial charge on any atom is 0.227 e. The molecule has 4 nitrogen and oxygen atoms in total. The van der Waals surface area contributed by atoms with Crippen LogP contribution in [0.15, 0.2) is 36.4 Å². The van der Waals surface area contributed by atoms with Crippen molar-refractivity contribution in [1.82, 2.24) is 5.32 Å². The standard InChI is InChI=1S/C21H23ClN2O2/c1-13-8-15(3)20(18(22)9-13)24-12-17(10-19(24)25)21(26)23-11-16-7-5-4-6-14(16)2/h4-9,17H,10-12H2,1-3H3,(H,23,26). The Morgan fingerprint density at radius 1 is 1.19 bits per heavy atom. The average Bonchev–Trinajstić information content (AvgIpc) is 2.95. The average molecular weight is 371 g/mol. The summed E-state index contributed by atoms with van der Waals surface area (Å²) in [6, 6.07) is 11.8. The van der Waals surface area contributed by atoms with Gasteiger partial charge in [0.1, 0.15) is 0 Å². The minimum Gasteiger partial charge on any atom is -0.352 e. The number of aryl methyl sites for hydroxylation is 3. The number of rotatable bonds is 4. The second kappa shape index (κ2) is 7.50. The van der Waals surface area contributed by atoms with Crippen molar-refractivity contribution in [3.63, 3.8) is 0 Å². The van der Waals surface area contributed by atoms with Gasteiger partial charge in [-0.15, -0.1) is 0 Å². The molecule has 0 bridgehead atoms. The molecule has 0 radical (unpaired) electrons. The fraction of sp³-hybridized carbons (Fsp3) is 0.333. The van der Waals surface area contributed by atoms with E-state index in [4.69, 9.17) is 11.6 Å². The Morgan fingerprint density at radius 2 is 1.92 bits per heavy atom. The zero-order chi connectivity index (χ0) is 18.8. The molecule has 0 aromatic heterocycles. The second-order valence-electron chi connectivity index (χ2n) is 6.96. The number of nitrogens with one attached hydrogen (secondary N) is 1. The van der Waals surface area contributed by atoms with Crippen LogP contribution in [0.5, 0.6) is 0 Å². The van der Waals surface area contributed by atoms with Gasteiger partial charge in [0.25, 0.3) is 0 Å². The summed E-state index contributed by atoms with van der Waals surface area (Å²) in [5.74, 6) is -0.511. The third kappa shape index (κ3) is 3.75. The highest BCUT2D eigenvalue weighted by molar-refractivity contribution is 6.34. The molecule has 2 aromatic carbocycles. The van der Waals surface area contributed by atoms with Gasteiger partial charge in [0, 0.05) is 19.5 Å². The summed E-state index contributed by atoms with van der Waals surface area (Å²) in [6.45, 7) is 6.76. The molecular weight excluding hydrogens is 348 g/mol.